The number of aromatic nitrogens is 3. The van der Waals surface area contributed by atoms with E-state index in [-0.39, 0.29) is 11.7 Å². The van der Waals surface area contributed by atoms with Crippen LogP contribution in [0.25, 0.3) is 0 Å². The number of benzene rings is 2. The quantitative estimate of drug-likeness (QED) is 0.300. The lowest BCUT2D eigenvalue weighted by Crippen LogP contribution is -2.14. The summed E-state index contributed by atoms with van der Waals surface area (Å²) in [6.45, 7) is 5.32. The molecule has 0 saturated heterocycles. The Hall–Kier alpha value is -2.22. The van der Waals surface area contributed by atoms with E-state index < -0.39 is 0 Å². The number of thioether (sulfide) groups is 1. The minimum absolute atomic E-state index is 0.119. The number of carbonyl (C=O) groups excluding carboxylic acids is 1. The van der Waals surface area contributed by atoms with Crippen molar-refractivity contribution in [2.24, 2.45) is 0 Å². The topological polar surface area (TPSA) is 69.0 Å². The molecule has 0 aliphatic rings. The number of rotatable bonds is 10. The second-order valence-electron chi connectivity index (χ2n) is 6.85. The van der Waals surface area contributed by atoms with Crippen LogP contribution in [0.1, 0.15) is 24.7 Å². The molecule has 1 amide bonds. The van der Waals surface area contributed by atoms with Crippen LogP contribution in [-0.2, 0) is 17.8 Å². The molecule has 0 fully saturated rings. The molecule has 1 heterocycles. The molecule has 1 aromatic heterocycles. The summed E-state index contributed by atoms with van der Waals surface area (Å²) in [4.78, 5) is 12.2. The fourth-order valence-corrected chi connectivity index (χ4v) is 4.25. The molecule has 3 aromatic rings. The molecular weight excluding hydrogens is 455 g/mol. The van der Waals surface area contributed by atoms with Crippen LogP contribution in [0, 0.1) is 6.92 Å². The van der Waals surface area contributed by atoms with Crippen molar-refractivity contribution in [3.8, 4) is 5.75 Å². The van der Waals surface area contributed by atoms with Crippen LogP contribution < -0.4 is 10.1 Å². The van der Waals surface area contributed by atoms with Crippen molar-refractivity contribution in [1.82, 2.24) is 14.8 Å². The van der Waals surface area contributed by atoms with Gasteiger partial charge < -0.3 is 14.6 Å². The summed E-state index contributed by atoms with van der Waals surface area (Å²) in [5.41, 5.74) is 1.69. The number of hydrogen-bond acceptors (Lipinski definition) is 5. The van der Waals surface area contributed by atoms with Gasteiger partial charge in [0.2, 0.25) is 5.91 Å². The van der Waals surface area contributed by atoms with E-state index in [1.54, 1.807) is 24.3 Å². The van der Waals surface area contributed by atoms with E-state index >= 15 is 0 Å². The van der Waals surface area contributed by atoms with Crippen LogP contribution in [0.3, 0.4) is 0 Å². The molecule has 3 rings (SSSR count). The summed E-state index contributed by atoms with van der Waals surface area (Å²) in [6, 6.07) is 12.7. The van der Waals surface area contributed by atoms with Crippen molar-refractivity contribution in [3.63, 3.8) is 0 Å². The van der Waals surface area contributed by atoms with Crippen LogP contribution in [0.2, 0.25) is 10.0 Å². The fraction of sp³-hybridized carbons (Fsp3) is 0.318. The molecule has 0 saturated carbocycles. The lowest BCUT2D eigenvalue weighted by atomic mass is 10.2. The number of aryl methyl sites for hydroxylation is 2. The second-order valence-corrected chi connectivity index (χ2v) is 8.67. The Kier molecular flexibility index (Phi) is 8.63. The SMILES string of the molecule is CCn1c(CCCOc2ccc(Cl)cc2C)nnc1SCC(=O)Nc1cccc(Cl)c1. The van der Waals surface area contributed by atoms with E-state index in [1.165, 1.54) is 11.8 Å². The normalized spacial score (nSPS) is 10.8. The minimum atomic E-state index is -0.119. The standard InChI is InChI=1S/C22H24Cl2N4O2S/c1-3-28-20(8-5-11-30-19-10-9-17(24)12-15(19)2)26-27-22(28)31-14-21(29)25-18-7-4-6-16(23)13-18/h4,6-7,9-10,12-13H,3,5,8,11,14H2,1-2H3,(H,25,29). The zero-order chi connectivity index (χ0) is 22.2. The first-order valence-electron chi connectivity index (χ1n) is 9.95. The highest BCUT2D eigenvalue weighted by molar-refractivity contribution is 7.99. The second kappa shape index (κ2) is 11.4. The van der Waals surface area contributed by atoms with Gasteiger partial charge in [0.25, 0.3) is 0 Å². The zero-order valence-corrected chi connectivity index (χ0v) is 19.7. The predicted molar refractivity (Wildman–Crippen MR) is 127 cm³/mol. The Bertz CT molecular complexity index is 1040. The van der Waals surface area contributed by atoms with Gasteiger partial charge in [-0.2, -0.15) is 0 Å². The number of ether oxygens (including phenoxy) is 1. The number of hydrogen-bond donors (Lipinski definition) is 1. The zero-order valence-electron chi connectivity index (χ0n) is 17.4. The third-order valence-electron chi connectivity index (χ3n) is 4.49. The molecule has 31 heavy (non-hydrogen) atoms. The first-order chi connectivity index (χ1) is 15.0. The van der Waals surface area contributed by atoms with Crippen molar-refractivity contribution >= 4 is 46.6 Å². The van der Waals surface area contributed by atoms with Crippen molar-refractivity contribution in [2.45, 2.75) is 38.4 Å². The van der Waals surface area contributed by atoms with Crippen molar-refractivity contribution < 1.29 is 9.53 Å². The van der Waals surface area contributed by atoms with E-state index in [9.17, 15) is 4.79 Å². The Morgan fingerprint density at radius 2 is 1.97 bits per heavy atom. The highest BCUT2D eigenvalue weighted by atomic mass is 35.5. The van der Waals surface area contributed by atoms with E-state index in [1.807, 2.05) is 36.6 Å². The van der Waals surface area contributed by atoms with Gasteiger partial charge >= 0.3 is 0 Å². The van der Waals surface area contributed by atoms with Crippen molar-refractivity contribution in [2.75, 3.05) is 17.7 Å². The van der Waals surface area contributed by atoms with Gasteiger partial charge in [-0.25, -0.2) is 0 Å². The molecular formula is C22H24Cl2N4O2S. The summed E-state index contributed by atoms with van der Waals surface area (Å²) < 4.78 is 7.89. The van der Waals surface area contributed by atoms with Gasteiger partial charge in [-0.05, 0) is 62.2 Å². The Balaban J connectivity index is 1.48. The van der Waals surface area contributed by atoms with Crippen LogP contribution in [0.15, 0.2) is 47.6 Å². The maximum Gasteiger partial charge on any atom is 0.234 e. The van der Waals surface area contributed by atoms with Gasteiger partial charge in [0.15, 0.2) is 5.16 Å². The number of nitrogens with one attached hydrogen (secondary N) is 1. The molecule has 2 aromatic carbocycles. The summed E-state index contributed by atoms with van der Waals surface area (Å²) in [6.07, 6.45) is 1.54. The van der Waals surface area contributed by atoms with Gasteiger partial charge in [0.1, 0.15) is 11.6 Å². The van der Waals surface area contributed by atoms with Gasteiger partial charge in [0, 0.05) is 28.7 Å². The summed E-state index contributed by atoms with van der Waals surface area (Å²) in [5.74, 6) is 1.84. The number of nitrogens with zero attached hydrogens (tertiary/aromatic N) is 3. The monoisotopic (exact) mass is 478 g/mol. The summed E-state index contributed by atoms with van der Waals surface area (Å²) in [5, 5.41) is 13.4. The Labute approximate surface area is 196 Å². The van der Waals surface area contributed by atoms with Crippen LogP contribution >= 0.6 is 35.0 Å². The van der Waals surface area contributed by atoms with E-state index in [0.29, 0.717) is 22.3 Å². The minimum Gasteiger partial charge on any atom is -0.493 e. The molecule has 0 spiro atoms. The Morgan fingerprint density at radius 1 is 1.16 bits per heavy atom. The lowest BCUT2D eigenvalue weighted by molar-refractivity contribution is -0.113. The molecule has 0 aliphatic carbocycles. The molecule has 0 radical (unpaired) electrons. The van der Waals surface area contributed by atoms with Crippen LogP contribution in [0.4, 0.5) is 5.69 Å². The average Bonchev–Trinajstić information content (AvgIpc) is 3.12. The highest BCUT2D eigenvalue weighted by Gasteiger charge is 2.13. The molecule has 6 nitrogen and oxygen atoms in total. The lowest BCUT2D eigenvalue weighted by Gasteiger charge is -2.10. The van der Waals surface area contributed by atoms with Crippen LogP contribution in [0.5, 0.6) is 5.75 Å². The maximum atomic E-state index is 12.2. The molecule has 0 unspecified atom stereocenters. The predicted octanol–water partition coefficient (Wildman–Crippen LogP) is 5.66. The first-order valence-corrected chi connectivity index (χ1v) is 11.7. The van der Waals surface area contributed by atoms with Crippen molar-refractivity contribution in [3.05, 3.63) is 63.9 Å². The van der Waals surface area contributed by atoms with Gasteiger partial charge in [0.05, 0.1) is 12.4 Å². The first kappa shape index (κ1) is 23.4. The molecule has 0 atom stereocenters. The number of amides is 1. The van der Waals surface area contributed by atoms with E-state index in [4.69, 9.17) is 27.9 Å². The number of halogens is 2. The van der Waals surface area contributed by atoms with Crippen molar-refractivity contribution in [1.29, 1.82) is 0 Å². The number of anilines is 1. The molecule has 0 aliphatic heterocycles. The largest absolute Gasteiger partial charge is 0.493 e. The van der Waals surface area contributed by atoms with E-state index in [0.717, 1.165) is 41.7 Å². The Morgan fingerprint density at radius 3 is 2.71 bits per heavy atom. The number of carbonyl (C=O) groups is 1. The van der Waals surface area contributed by atoms with Gasteiger partial charge in [-0.3, -0.25) is 4.79 Å². The molecule has 0 bridgehead atoms. The third kappa shape index (κ3) is 6.89. The van der Waals surface area contributed by atoms with Crippen LogP contribution in [-0.4, -0.2) is 33.0 Å². The smallest absolute Gasteiger partial charge is 0.234 e. The average molecular weight is 479 g/mol. The summed E-state index contributed by atoms with van der Waals surface area (Å²) >= 11 is 13.3. The molecule has 1 N–H and O–H groups in total. The summed E-state index contributed by atoms with van der Waals surface area (Å²) in [7, 11) is 0. The molecule has 9 heteroatoms. The molecule has 164 valence electrons. The maximum absolute atomic E-state index is 12.2. The van der Waals surface area contributed by atoms with Gasteiger partial charge in [-0.15, -0.1) is 10.2 Å². The highest BCUT2D eigenvalue weighted by Crippen LogP contribution is 2.23. The van der Waals surface area contributed by atoms with E-state index in [2.05, 4.69) is 15.5 Å². The fourth-order valence-electron chi connectivity index (χ4n) is 3.01. The van der Waals surface area contributed by atoms with Gasteiger partial charge in [-0.1, -0.05) is 41.0 Å². The third-order valence-corrected chi connectivity index (χ3v) is 5.93.